The van der Waals surface area contributed by atoms with Crippen molar-refractivity contribution in [2.75, 3.05) is 13.1 Å². The van der Waals surface area contributed by atoms with Crippen LogP contribution in [0.2, 0.25) is 0 Å². The van der Waals surface area contributed by atoms with E-state index in [2.05, 4.69) is 10.1 Å². The van der Waals surface area contributed by atoms with Crippen LogP contribution < -0.4 is 0 Å². The van der Waals surface area contributed by atoms with Gasteiger partial charge in [0.2, 0.25) is 11.8 Å². The maximum atomic E-state index is 13.0. The Bertz CT molecular complexity index is 735. The molecule has 24 heavy (non-hydrogen) atoms. The number of rotatable bonds is 3. The Kier molecular flexibility index (Phi) is 3.82. The molecule has 1 amide bonds. The molecule has 0 N–H and O–H groups in total. The molecule has 2 aliphatic rings. The molecule has 0 radical (unpaired) electrons. The number of carbonyl (C=O) groups excluding carboxylic acids is 1. The lowest BCUT2D eigenvalue weighted by Crippen LogP contribution is -2.39. The molecule has 1 aliphatic heterocycles. The number of likely N-dealkylation sites (tertiary alicyclic amines) is 1. The molecule has 2 heterocycles. The number of halogens is 1. The van der Waals surface area contributed by atoms with Gasteiger partial charge in [-0.3, -0.25) is 4.79 Å². The highest BCUT2D eigenvalue weighted by Crippen LogP contribution is 2.48. The van der Waals surface area contributed by atoms with Gasteiger partial charge in [-0.2, -0.15) is 4.98 Å². The summed E-state index contributed by atoms with van der Waals surface area (Å²) in [5.41, 5.74) is 1.06. The van der Waals surface area contributed by atoms with Gasteiger partial charge in [0.1, 0.15) is 5.82 Å². The van der Waals surface area contributed by atoms with Crippen molar-refractivity contribution in [1.29, 1.82) is 0 Å². The summed E-state index contributed by atoms with van der Waals surface area (Å²) in [7, 11) is 0. The van der Waals surface area contributed by atoms with E-state index in [1.54, 1.807) is 12.1 Å². The Balaban J connectivity index is 1.33. The normalized spacial score (nSPS) is 24.2. The number of aromatic nitrogens is 2. The van der Waals surface area contributed by atoms with Crippen molar-refractivity contribution in [3.05, 3.63) is 47.4 Å². The van der Waals surface area contributed by atoms with Crippen LogP contribution in [0.25, 0.3) is 0 Å². The van der Waals surface area contributed by atoms with Gasteiger partial charge in [-0.1, -0.05) is 17.3 Å². The Morgan fingerprint density at radius 2 is 1.96 bits per heavy atom. The second kappa shape index (κ2) is 6.00. The average Bonchev–Trinajstić information content (AvgIpc) is 3.28. The topological polar surface area (TPSA) is 59.2 Å². The molecule has 4 rings (SSSR count). The lowest BCUT2D eigenvalue weighted by Gasteiger charge is -2.30. The van der Waals surface area contributed by atoms with Crippen molar-refractivity contribution in [1.82, 2.24) is 15.0 Å². The Morgan fingerprint density at radius 1 is 1.25 bits per heavy atom. The summed E-state index contributed by atoms with van der Waals surface area (Å²) in [6.45, 7) is 3.28. The van der Waals surface area contributed by atoms with Crippen molar-refractivity contribution in [2.45, 2.75) is 38.0 Å². The minimum absolute atomic E-state index is 0.0534. The van der Waals surface area contributed by atoms with Crippen LogP contribution in [0.1, 0.15) is 48.4 Å². The van der Waals surface area contributed by atoms with E-state index < -0.39 is 0 Å². The summed E-state index contributed by atoms with van der Waals surface area (Å²) in [4.78, 5) is 18.9. The molecule has 1 aliphatic carbocycles. The van der Waals surface area contributed by atoms with Gasteiger partial charge in [-0.25, -0.2) is 4.39 Å². The van der Waals surface area contributed by atoms with E-state index in [-0.39, 0.29) is 29.5 Å². The largest absolute Gasteiger partial charge is 0.342 e. The van der Waals surface area contributed by atoms with Crippen LogP contribution in [-0.2, 0) is 4.79 Å². The fourth-order valence-corrected chi connectivity index (χ4v) is 3.61. The Labute approximate surface area is 139 Å². The van der Waals surface area contributed by atoms with Crippen LogP contribution in [0.3, 0.4) is 0 Å². The standard InChI is InChI=1S/C18H20FN3O2/c1-11-20-17(24-21-11)13-6-8-22(9-7-13)18(23)16-10-15(16)12-2-4-14(19)5-3-12/h2-5,13,15-16H,6-10H2,1H3/t15-,16-/m0/s1. The first kappa shape index (κ1) is 15.3. The highest BCUT2D eigenvalue weighted by atomic mass is 19.1. The molecular weight excluding hydrogens is 309 g/mol. The van der Waals surface area contributed by atoms with Crippen molar-refractivity contribution >= 4 is 5.91 Å². The smallest absolute Gasteiger partial charge is 0.229 e. The van der Waals surface area contributed by atoms with Gasteiger partial charge in [0.05, 0.1) is 0 Å². The molecule has 1 saturated heterocycles. The highest BCUT2D eigenvalue weighted by Gasteiger charge is 2.46. The minimum atomic E-state index is -0.236. The van der Waals surface area contributed by atoms with Crippen LogP contribution in [0.5, 0.6) is 0 Å². The van der Waals surface area contributed by atoms with E-state index in [4.69, 9.17) is 4.52 Å². The summed E-state index contributed by atoms with van der Waals surface area (Å²) in [5.74, 6) is 1.89. The summed E-state index contributed by atoms with van der Waals surface area (Å²) in [6, 6.07) is 6.51. The molecule has 2 aromatic rings. The quantitative estimate of drug-likeness (QED) is 0.868. The number of carbonyl (C=O) groups is 1. The van der Waals surface area contributed by atoms with E-state index >= 15 is 0 Å². The second-order valence-corrected chi connectivity index (χ2v) is 6.78. The number of benzene rings is 1. The summed E-state index contributed by atoms with van der Waals surface area (Å²) < 4.78 is 18.3. The zero-order valence-electron chi connectivity index (χ0n) is 13.6. The molecule has 2 fully saturated rings. The number of nitrogens with zero attached hydrogens (tertiary/aromatic N) is 3. The van der Waals surface area contributed by atoms with E-state index in [0.717, 1.165) is 37.9 Å². The molecule has 6 heteroatoms. The maximum Gasteiger partial charge on any atom is 0.229 e. The van der Waals surface area contributed by atoms with E-state index in [1.807, 2.05) is 11.8 Å². The fourth-order valence-electron chi connectivity index (χ4n) is 3.61. The molecule has 0 bridgehead atoms. The third kappa shape index (κ3) is 2.92. The predicted molar refractivity (Wildman–Crippen MR) is 84.8 cm³/mol. The van der Waals surface area contributed by atoms with Gasteiger partial charge in [-0.15, -0.1) is 0 Å². The van der Waals surface area contributed by atoms with Crippen molar-refractivity contribution < 1.29 is 13.7 Å². The van der Waals surface area contributed by atoms with Gasteiger partial charge in [0.25, 0.3) is 0 Å². The molecule has 5 nitrogen and oxygen atoms in total. The zero-order valence-corrected chi connectivity index (χ0v) is 13.6. The average molecular weight is 329 g/mol. The summed E-state index contributed by atoms with van der Waals surface area (Å²) in [5, 5.41) is 3.84. The van der Waals surface area contributed by atoms with Gasteiger partial charge in [-0.05, 0) is 49.8 Å². The number of amides is 1. The van der Waals surface area contributed by atoms with E-state index in [1.165, 1.54) is 12.1 Å². The van der Waals surface area contributed by atoms with Gasteiger partial charge in [0, 0.05) is 24.9 Å². The Hall–Kier alpha value is -2.24. The zero-order chi connectivity index (χ0) is 16.7. The second-order valence-electron chi connectivity index (χ2n) is 6.78. The molecule has 0 spiro atoms. The van der Waals surface area contributed by atoms with Crippen LogP contribution in [0, 0.1) is 18.7 Å². The van der Waals surface area contributed by atoms with Crippen LogP contribution in [0.15, 0.2) is 28.8 Å². The SMILES string of the molecule is Cc1noc(C2CCN(C(=O)[C@H]3C[C@H]3c3ccc(F)cc3)CC2)n1. The third-order valence-electron chi connectivity index (χ3n) is 5.10. The lowest BCUT2D eigenvalue weighted by atomic mass is 9.96. The van der Waals surface area contributed by atoms with E-state index in [0.29, 0.717) is 11.7 Å². The Morgan fingerprint density at radius 3 is 2.58 bits per heavy atom. The van der Waals surface area contributed by atoms with Gasteiger partial charge in [0.15, 0.2) is 5.82 Å². The van der Waals surface area contributed by atoms with Crippen LogP contribution >= 0.6 is 0 Å². The highest BCUT2D eigenvalue weighted by molar-refractivity contribution is 5.83. The minimum Gasteiger partial charge on any atom is -0.342 e. The first-order chi connectivity index (χ1) is 11.6. The number of hydrogen-bond donors (Lipinski definition) is 0. The maximum absolute atomic E-state index is 13.0. The molecular formula is C18H20FN3O2. The molecule has 126 valence electrons. The molecule has 0 unspecified atom stereocenters. The molecule has 1 saturated carbocycles. The predicted octanol–water partition coefficient (Wildman–Crippen LogP) is 3.03. The van der Waals surface area contributed by atoms with Gasteiger partial charge < -0.3 is 9.42 Å². The van der Waals surface area contributed by atoms with Crippen LogP contribution in [0.4, 0.5) is 4.39 Å². The molecule has 1 aromatic carbocycles. The van der Waals surface area contributed by atoms with E-state index in [9.17, 15) is 9.18 Å². The number of aryl methyl sites for hydroxylation is 1. The van der Waals surface area contributed by atoms with Crippen LogP contribution in [-0.4, -0.2) is 34.0 Å². The first-order valence-electron chi connectivity index (χ1n) is 8.46. The summed E-state index contributed by atoms with van der Waals surface area (Å²) in [6.07, 6.45) is 2.59. The van der Waals surface area contributed by atoms with Crippen molar-refractivity contribution in [3.8, 4) is 0 Å². The molecule has 2 atom stereocenters. The summed E-state index contributed by atoms with van der Waals surface area (Å²) >= 11 is 0. The number of hydrogen-bond acceptors (Lipinski definition) is 4. The first-order valence-corrected chi connectivity index (χ1v) is 8.46. The molecule has 1 aromatic heterocycles. The lowest BCUT2D eigenvalue weighted by molar-refractivity contribution is -0.133. The van der Waals surface area contributed by atoms with Crippen molar-refractivity contribution in [3.63, 3.8) is 0 Å². The fraction of sp³-hybridized carbons (Fsp3) is 0.500. The van der Waals surface area contributed by atoms with Crippen molar-refractivity contribution in [2.24, 2.45) is 5.92 Å². The third-order valence-corrected chi connectivity index (χ3v) is 5.10. The van der Waals surface area contributed by atoms with Gasteiger partial charge >= 0.3 is 0 Å². The number of piperidine rings is 1. The monoisotopic (exact) mass is 329 g/mol.